The number of hydrogen-bond acceptors (Lipinski definition) is 5. The molecule has 0 aliphatic heterocycles. The summed E-state index contributed by atoms with van der Waals surface area (Å²) in [6.07, 6.45) is 0. The summed E-state index contributed by atoms with van der Waals surface area (Å²) in [4.78, 5) is 0. The zero-order chi connectivity index (χ0) is 12.8. The molecule has 102 valence electrons. The molecular weight excluding hydrogens is 258 g/mol. The molecule has 0 radical (unpaired) electrons. The van der Waals surface area contributed by atoms with Gasteiger partial charge in [0.15, 0.2) is 11.5 Å². The molecule has 0 spiro atoms. The molecule has 0 amide bonds. The van der Waals surface area contributed by atoms with Crippen LogP contribution < -0.4 is 14.2 Å². The second-order valence-electron chi connectivity index (χ2n) is 3.18. The quantitative estimate of drug-likeness (QED) is 0.662. The largest absolute Gasteiger partial charge is 0.493 e. The number of benzene rings is 1. The highest BCUT2D eigenvalue weighted by Gasteiger charge is 2.15. The van der Waals surface area contributed by atoms with Crippen LogP contribution in [0.2, 0.25) is 0 Å². The summed E-state index contributed by atoms with van der Waals surface area (Å²) in [5.41, 5.74) is 0.585. The van der Waals surface area contributed by atoms with Gasteiger partial charge in [0, 0.05) is 5.56 Å². The fourth-order valence-electron chi connectivity index (χ4n) is 1.44. The fourth-order valence-corrected chi connectivity index (χ4v) is 1.44. The van der Waals surface area contributed by atoms with Crippen LogP contribution >= 0.6 is 12.4 Å². The first kappa shape index (κ1) is 16.4. The van der Waals surface area contributed by atoms with Gasteiger partial charge in [0.2, 0.25) is 11.6 Å². The summed E-state index contributed by atoms with van der Waals surface area (Å²) in [6, 6.07) is 3.36. The van der Waals surface area contributed by atoms with E-state index in [4.69, 9.17) is 24.4 Å². The molecule has 6 heteroatoms. The second kappa shape index (κ2) is 7.66. The van der Waals surface area contributed by atoms with Crippen molar-refractivity contribution in [2.75, 3.05) is 27.9 Å². The summed E-state index contributed by atoms with van der Waals surface area (Å²) < 4.78 is 20.7. The first-order valence-electron chi connectivity index (χ1n) is 5.19. The number of ether oxygens (including phenoxy) is 4. The van der Waals surface area contributed by atoms with Gasteiger partial charge >= 0.3 is 0 Å². The van der Waals surface area contributed by atoms with E-state index >= 15 is 0 Å². The molecule has 0 heterocycles. The predicted octanol–water partition coefficient (Wildman–Crippen LogP) is 2.50. The van der Waals surface area contributed by atoms with E-state index in [0.717, 1.165) is 0 Å². The Kier molecular flexibility index (Phi) is 6.97. The fraction of sp³-hybridized carbons (Fsp3) is 0.417. The van der Waals surface area contributed by atoms with Crippen molar-refractivity contribution in [1.29, 1.82) is 5.41 Å². The van der Waals surface area contributed by atoms with Crippen LogP contribution in [0.3, 0.4) is 0 Å². The summed E-state index contributed by atoms with van der Waals surface area (Å²) in [7, 11) is 4.60. The maximum absolute atomic E-state index is 7.73. The van der Waals surface area contributed by atoms with Gasteiger partial charge in [-0.3, -0.25) is 5.41 Å². The lowest BCUT2D eigenvalue weighted by Crippen LogP contribution is -2.06. The summed E-state index contributed by atoms with van der Waals surface area (Å²) in [5.74, 6) is 1.59. The lowest BCUT2D eigenvalue weighted by molar-refractivity contribution is 0.318. The summed E-state index contributed by atoms with van der Waals surface area (Å²) in [5, 5.41) is 7.73. The molecule has 0 aliphatic carbocycles. The van der Waals surface area contributed by atoms with E-state index in [-0.39, 0.29) is 18.3 Å². The third-order valence-corrected chi connectivity index (χ3v) is 2.22. The van der Waals surface area contributed by atoms with Crippen LogP contribution in [-0.2, 0) is 4.74 Å². The molecule has 0 fully saturated rings. The van der Waals surface area contributed by atoms with Crippen LogP contribution in [0.4, 0.5) is 0 Å². The molecule has 1 aromatic rings. The highest BCUT2D eigenvalue weighted by molar-refractivity contribution is 5.93. The zero-order valence-corrected chi connectivity index (χ0v) is 11.7. The Morgan fingerprint density at radius 1 is 1.06 bits per heavy atom. The minimum atomic E-state index is 0. The molecule has 0 atom stereocenters. The van der Waals surface area contributed by atoms with Crippen LogP contribution in [0.15, 0.2) is 12.1 Å². The van der Waals surface area contributed by atoms with E-state index in [1.165, 1.54) is 21.3 Å². The van der Waals surface area contributed by atoms with Crippen molar-refractivity contribution in [2.24, 2.45) is 0 Å². The van der Waals surface area contributed by atoms with E-state index < -0.39 is 0 Å². The van der Waals surface area contributed by atoms with Gasteiger partial charge in [0.1, 0.15) is 0 Å². The van der Waals surface area contributed by atoms with Gasteiger partial charge in [0.05, 0.1) is 27.9 Å². The predicted molar refractivity (Wildman–Crippen MR) is 71.8 cm³/mol. The Morgan fingerprint density at radius 3 is 1.89 bits per heavy atom. The third kappa shape index (κ3) is 3.43. The van der Waals surface area contributed by atoms with E-state index in [1.807, 2.05) is 6.92 Å². The number of methoxy groups -OCH3 is 3. The molecule has 0 aromatic heterocycles. The minimum Gasteiger partial charge on any atom is -0.493 e. The number of halogens is 1. The van der Waals surface area contributed by atoms with Crippen molar-refractivity contribution < 1.29 is 18.9 Å². The SMILES string of the molecule is CCOC(=N)c1cc(OC)c(OC)c(OC)c1.Cl. The average Bonchev–Trinajstić information content (AvgIpc) is 2.37. The van der Waals surface area contributed by atoms with Crippen molar-refractivity contribution in [3.63, 3.8) is 0 Å². The molecule has 0 saturated carbocycles. The van der Waals surface area contributed by atoms with E-state index in [9.17, 15) is 0 Å². The van der Waals surface area contributed by atoms with Gasteiger partial charge in [0.25, 0.3) is 0 Å². The Balaban J connectivity index is 0.00000289. The monoisotopic (exact) mass is 275 g/mol. The molecule has 0 saturated heterocycles. The van der Waals surface area contributed by atoms with Gasteiger partial charge in [-0.05, 0) is 19.1 Å². The van der Waals surface area contributed by atoms with Crippen molar-refractivity contribution in [3.8, 4) is 17.2 Å². The van der Waals surface area contributed by atoms with Crippen molar-refractivity contribution in [3.05, 3.63) is 17.7 Å². The minimum absolute atomic E-state index is 0. The lowest BCUT2D eigenvalue weighted by atomic mass is 10.2. The zero-order valence-electron chi connectivity index (χ0n) is 10.9. The van der Waals surface area contributed by atoms with Crippen LogP contribution in [-0.4, -0.2) is 33.8 Å². The van der Waals surface area contributed by atoms with Crippen molar-refractivity contribution >= 4 is 18.3 Å². The van der Waals surface area contributed by atoms with Crippen LogP contribution in [0, 0.1) is 5.41 Å². The van der Waals surface area contributed by atoms with Crippen LogP contribution in [0.1, 0.15) is 12.5 Å². The smallest absolute Gasteiger partial charge is 0.213 e. The average molecular weight is 276 g/mol. The molecule has 1 aromatic carbocycles. The van der Waals surface area contributed by atoms with Crippen LogP contribution in [0.25, 0.3) is 0 Å². The topological polar surface area (TPSA) is 60.8 Å². The van der Waals surface area contributed by atoms with Crippen LogP contribution in [0.5, 0.6) is 17.2 Å². The highest BCUT2D eigenvalue weighted by atomic mass is 35.5. The molecule has 18 heavy (non-hydrogen) atoms. The summed E-state index contributed by atoms with van der Waals surface area (Å²) in [6.45, 7) is 2.27. The van der Waals surface area contributed by atoms with Gasteiger partial charge in [-0.1, -0.05) is 0 Å². The Hall–Kier alpha value is -1.62. The van der Waals surface area contributed by atoms with E-state index in [1.54, 1.807) is 12.1 Å². The third-order valence-electron chi connectivity index (χ3n) is 2.22. The molecular formula is C12H18ClNO4. The standard InChI is InChI=1S/C12H17NO4.ClH/c1-5-17-12(13)8-6-9(14-2)11(16-4)10(7-8)15-3;/h6-7,13H,5H2,1-4H3;1H. The molecule has 0 unspecified atom stereocenters. The Labute approximate surface area is 113 Å². The molecule has 1 N–H and O–H groups in total. The molecule has 0 bridgehead atoms. The number of nitrogens with one attached hydrogen (secondary N) is 1. The van der Waals surface area contributed by atoms with E-state index in [0.29, 0.717) is 29.4 Å². The summed E-state index contributed by atoms with van der Waals surface area (Å²) >= 11 is 0. The van der Waals surface area contributed by atoms with Crippen molar-refractivity contribution in [1.82, 2.24) is 0 Å². The molecule has 0 aliphatic rings. The molecule has 5 nitrogen and oxygen atoms in total. The van der Waals surface area contributed by atoms with Gasteiger partial charge < -0.3 is 18.9 Å². The maximum atomic E-state index is 7.73. The molecule has 1 rings (SSSR count). The maximum Gasteiger partial charge on any atom is 0.213 e. The second-order valence-corrected chi connectivity index (χ2v) is 3.18. The lowest BCUT2D eigenvalue weighted by Gasteiger charge is -2.14. The normalized spacial score (nSPS) is 9.11. The first-order valence-corrected chi connectivity index (χ1v) is 5.19. The van der Waals surface area contributed by atoms with Gasteiger partial charge in [-0.25, -0.2) is 0 Å². The van der Waals surface area contributed by atoms with Gasteiger partial charge in [-0.15, -0.1) is 12.4 Å². The Bertz CT molecular complexity index is 384. The highest BCUT2D eigenvalue weighted by Crippen LogP contribution is 2.38. The van der Waals surface area contributed by atoms with Gasteiger partial charge in [-0.2, -0.15) is 0 Å². The van der Waals surface area contributed by atoms with Crippen molar-refractivity contribution in [2.45, 2.75) is 6.92 Å². The van der Waals surface area contributed by atoms with E-state index in [2.05, 4.69) is 0 Å². The Morgan fingerprint density at radius 2 is 1.56 bits per heavy atom. The first-order chi connectivity index (χ1) is 8.17. The number of rotatable bonds is 5. The number of hydrogen-bond donors (Lipinski definition) is 1.